The van der Waals surface area contributed by atoms with Crippen molar-refractivity contribution in [3.8, 4) is 23.0 Å². The van der Waals surface area contributed by atoms with Crippen molar-refractivity contribution in [1.82, 2.24) is 0 Å². The van der Waals surface area contributed by atoms with Gasteiger partial charge >= 0.3 is 0 Å². The first kappa shape index (κ1) is 34.6. The van der Waals surface area contributed by atoms with E-state index in [9.17, 15) is 0 Å². The summed E-state index contributed by atoms with van der Waals surface area (Å²) < 4.78 is 24.1. The number of unbranched alkanes of at least 4 members (excludes halogenated alkanes) is 6. The summed E-state index contributed by atoms with van der Waals surface area (Å²) in [6.07, 6.45) is 17.9. The highest BCUT2D eigenvalue weighted by atomic mass is 16.5. The van der Waals surface area contributed by atoms with Crippen LogP contribution in [0.4, 0.5) is 0 Å². The maximum atomic E-state index is 6.70. The Morgan fingerprint density at radius 3 is 1.17 bits per heavy atom. The largest absolute Gasteiger partial charge is 0.497 e. The molecule has 0 spiro atoms. The number of hydrogen-bond donors (Lipinski definition) is 0. The molecule has 0 unspecified atom stereocenters. The Kier molecular flexibility index (Phi) is 13.0. The molecule has 0 saturated heterocycles. The van der Waals surface area contributed by atoms with Gasteiger partial charge in [-0.2, -0.15) is 0 Å². The standard InChI is InChI=1S/C44H50O4/c1-5-7-9-11-29-47-43-39-27-21-36(16-14-34-19-25-38(46-4)26-20-34)32-42(39)44(48-30-12-10-8-6-2)40-28-22-35(31-41(40)43)15-13-33-17-23-37(45-3)24-18-33/h13-28,31-32H,5-12,29-30H2,1-4H3. The molecular formula is C44H50O4. The highest BCUT2D eigenvalue weighted by molar-refractivity contribution is 6.12. The van der Waals surface area contributed by atoms with Crippen molar-refractivity contribution in [1.29, 1.82) is 0 Å². The van der Waals surface area contributed by atoms with Gasteiger partial charge in [0, 0.05) is 21.5 Å². The quantitative estimate of drug-likeness (QED) is 0.0541. The molecule has 5 aromatic rings. The lowest BCUT2D eigenvalue weighted by Crippen LogP contribution is -2.03. The van der Waals surface area contributed by atoms with Crippen molar-refractivity contribution in [3.05, 3.63) is 107 Å². The SMILES string of the molecule is CCCCCCOc1c2ccc(C=Cc3ccc(OC)cc3)cc2c(OCCCCCC)c2ccc(C=Cc3ccc(OC)cc3)cc12. The van der Waals surface area contributed by atoms with Crippen LogP contribution < -0.4 is 18.9 Å². The summed E-state index contributed by atoms with van der Waals surface area (Å²) in [7, 11) is 3.38. The number of fused-ring (bicyclic) bond motifs is 2. The molecule has 0 heterocycles. The van der Waals surface area contributed by atoms with Crippen LogP contribution in [0.25, 0.3) is 45.8 Å². The summed E-state index contributed by atoms with van der Waals surface area (Å²) in [6, 6.07) is 29.5. The summed E-state index contributed by atoms with van der Waals surface area (Å²) in [5, 5.41) is 4.33. The molecule has 5 rings (SSSR count). The van der Waals surface area contributed by atoms with E-state index < -0.39 is 0 Å². The molecule has 0 aliphatic rings. The smallest absolute Gasteiger partial charge is 0.135 e. The molecule has 5 aromatic carbocycles. The maximum absolute atomic E-state index is 6.70. The third-order valence-corrected chi connectivity index (χ3v) is 8.72. The third kappa shape index (κ3) is 9.22. The van der Waals surface area contributed by atoms with Gasteiger partial charge in [0.1, 0.15) is 23.0 Å². The van der Waals surface area contributed by atoms with Crippen LogP contribution in [0, 0.1) is 0 Å². The van der Waals surface area contributed by atoms with E-state index in [-0.39, 0.29) is 0 Å². The lowest BCUT2D eigenvalue weighted by Gasteiger charge is -2.19. The van der Waals surface area contributed by atoms with E-state index in [0.29, 0.717) is 13.2 Å². The van der Waals surface area contributed by atoms with Gasteiger partial charge in [0.25, 0.3) is 0 Å². The van der Waals surface area contributed by atoms with E-state index in [1.807, 2.05) is 24.3 Å². The van der Waals surface area contributed by atoms with E-state index in [0.717, 1.165) is 79.6 Å². The van der Waals surface area contributed by atoms with Crippen LogP contribution >= 0.6 is 0 Å². The number of methoxy groups -OCH3 is 2. The van der Waals surface area contributed by atoms with Crippen molar-refractivity contribution >= 4 is 45.8 Å². The normalized spacial score (nSPS) is 11.6. The number of hydrogen-bond acceptors (Lipinski definition) is 4. The van der Waals surface area contributed by atoms with E-state index in [4.69, 9.17) is 18.9 Å². The van der Waals surface area contributed by atoms with Crippen LogP contribution in [0.3, 0.4) is 0 Å². The minimum atomic E-state index is 0.687. The molecule has 0 aliphatic heterocycles. The van der Waals surface area contributed by atoms with Gasteiger partial charge in [0.15, 0.2) is 0 Å². The number of ether oxygens (including phenoxy) is 4. The maximum Gasteiger partial charge on any atom is 0.135 e. The Morgan fingerprint density at radius 2 is 0.792 bits per heavy atom. The van der Waals surface area contributed by atoms with E-state index >= 15 is 0 Å². The summed E-state index contributed by atoms with van der Waals surface area (Å²) >= 11 is 0. The Hall–Kier alpha value is -4.70. The zero-order valence-electron chi connectivity index (χ0n) is 29.1. The molecule has 0 aliphatic carbocycles. The highest BCUT2D eigenvalue weighted by Gasteiger charge is 2.17. The predicted octanol–water partition coefficient (Wildman–Crippen LogP) is 12.3. The Labute approximate surface area is 287 Å². The second kappa shape index (κ2) is 18.0. The van der Waals surface area contributed by atoms with E-state index in [1.165, 1.54) is 38.5 Å². The summed E-state index contributed by atoms with van der Waals surface area (Å²) in [4.78, 5) is 0. The monoisotopic (exact) mass is 642 g/mol. The Balaban J connectivity index is 1.57. The fraction of sp³-hybridized carbons (Fsp3) is 0.318. The predicted molar refractivity (Wildman–Crippen MR) is 205 cm³/mol. The van der Waals surface area contributed by atoms with Crippen molar-refractivity contribution in [2.24, 2.45) is 0 Å². The zero-order chi connectivity index (χ0) is 33.6. The van der Waals surface area contributed by atoms with Crippen LogP contribution in [0.1, 0.15) is 87.5 Å². The molecule has 250 valence electrons. The summed E-state index contributed by atoms with van der Waals surface area (Å²) in [5.41, 5.74) is 4.46. The van der Waals surface area contributed by atoms with Crippen LogP contribution in [-0.4, -0.2) is 27.4 Å². The first-order chi connectivity index (χ1) is 23.6. The minimum absolute atomic E-state index is 0.687. The third-order valence-electron chi connectivity index (χ3n) is 8.72. The van der Waals surface area contributed by atoms with E-state index in [2.05, 4.69) is 98.8 Å². The van der Waals surface area contributed by atoms with E-state index in [1.54, 1.807) is 14.2 Å². The molecule has 0 N–H and O–H groups in total. The second-order valence-corrected chi connectivity index (χ2v) is 12.3. The van der Waals surface area contributed by atoms with Gasteiger partial charge in [-0.05, 0) is 83.6 Å². The molecule has 0 amide bonds. The summed E-state index contributed by atoms with van der Waals surface area (Å²) in [5.74, 6) is 3.57. The van der Waals surface area contributed by atoms with Gasteiger partial charge < -0.3 is 18.9 Å². The fourth-order valence-electron chi connectivity index (χ4n) is 5.93. The van der Waals surface area contributed by atoms with Crippen molar-refractivity contribution in [2.75, 3.05) is 27.4 Å². The number of rotatable bonds is 18. The van der Waals surface area contributed by atoms with Crippen molar-refractivity contribution in [3.63, 3.8) is 0 Å². The lowest BCUT2D eigenvalue weighted by molar-refractivity contribution is 0.307. The van der Waals surface area contributed by atoms with Crippen LogP contribution in [0.15, 0.2) is 84.9 Å². The minimum Gasteiger partial charge on any atom is -0.497 e. The van der Waals surface area contributed by atoms with Gasteiger partial charge in [-0.3, -0.25) is 0 Å². The lowest BCUT2D eigenvalue weighted by atomic mass is 9.96. The first-order valence-corrected chi connectivity index (χ1v) is 17.6. The van der Waals surface area contributed by atoms with Gasteiger partial charge in [0.05, 0.1) is 27.4 Å². The van der Waals surface area contributed by atoms with Crippen molar-refractivity contribution < 1.29 is 18.9 Å². The molecule has 0 atom stereocenters. The molecule has 4 nitrogen and oxygen atoms in total. The molecule has 4 heteroatoms. The average Bonchev–Trinajstić information content (AvgIpc) is 3.13. The molecule has 0 bridgehead atoms. The molecule has 48 heavy (non-hydrogen) atoms. The Bertz CT molecular complexity index is 1660. The molecule has 0 saturated carbocycles. The van der Waals surface area contributed by atoms with Gasteiger partial charge in [-0.1, -0.05) is 113 Å². The van der Waals surface area contributed by atoms with Crippen molar-refractivity contribution in [2.45, 2.75) is 65.2 Å². The second-order valence-electron chi connectivity index (χ2n) is 12.3. The van der Waals surface area contributed by atoms with Gasteiger partial charge in [-0.15, -0.1) is 0 Å². The molecule has 0 radical (unpaired) electrons. The molecule has 0 fully saturated rings. The topological polar surface area (TPSA) is 36.9 Å². The molecular weight excluding hydrogens is 592 g/mol. The fourth-order valence-corrected chi connectivity index (χ4v) is 5.93. The first-order valence-electron chi connectivity index (χ1n) is 17.6. The Morgan fingerprint density at radius 1 is 0.417 bits per heavy atom. The zero-order valence-corrected chi connectivity index (χ0v) is 29.1. The summed E-state index contributed by atoms with van der Waals surface area (Å²) in [6.45, 7) is 5.86. The van der Waals surface area contributed by atoms with Gasteiger partial charge in [-0.25, -0.2) is 0 Å². The van der Waals surface area contributed by atoms with Crippen LogP contribution in [-0.2, 0) is 0 Å². The average molecular weight is 643 g/mol. The number of benzene rings is 5. The molecule has 0 aromatic heterocycles. The highest BCUT2D eigenvalue weighted by Crippen LogP contribution is 2.44. The van der Waals surface area contributed by atoms with Crippen LogP contribution in [0.5, 0.6) is 23.0 Å². The van der Waals surface area contributed by atoms with Crippen LogP contribution in [0.2, 0.25) is 0 Å². The van der Waals surface area contributed by atoms with Gasteiger partial charge in [0.2, 0.25) is 0 Å².